The highest BCUT2D eigenvalue weighted by atomic mass is 19.4. The van der Waals surface area contributed by atoms with Crippen LogP contribution in [0.25, 0.3) is 27.9 Å². The van der Waals surface area contributed by atoms with Gasteiger partial charge in [-0.3, -0.25) is 19.1 Å². The molecule has 4 rings (SSSR count). The fourth-order valence-corrected chi connectivity index (χ4v) is 4.51. The van der Waals surface area contributed by atoms with Gasteiger partial charge in [0.2, 0.25) is 0 Å². The molecular weight excluding hydrogens is 440 g/mol. The van der Waals surface area contributed by atoms with Crippen molar-refractivity contribution in [1.29, 1.82) is 0 Å². The Morgan fingerprint density at radius 2 is 1.97 bits per heavy atom. The largest absolute Gasteiger partial charge is 0.408 e. The van der Waals surface area contributed by atoms with Gasteiger partial charge >= 0.3 is 6.18 Å². The zero-order valence-electron chi connectivity index (χ0n) is 18.4. The summed E-state index contributed by atoms with van der Waals surface area (Å²) in [4.78, 5) is 16.6. The Balaban J connectivity index is 1.79. The number of allylic oxidation sites excluding steroid dienone is 2. The number of carbonyl (C=O) groups is 1. The molecule has 3 aromatic rings. The first-order chi connectivity index (χ1) is 15.3. The fraction of sp³-hybridized carbons (Fsp3) is 0.455. The van der Waals surface area contributed by atoms with E-state index < -0.39 is 18.4 Å². The maximum Gasteiger partial charge on any atom is 0.408 e. The molecule has 1 aliphatic rings. The van der Waals surface area contributed by atoms with Crippen LogP contribution in [0.3, 0.4) is 0 Å². The van der Waals surface area contributed by atoms with Gasteiger partial charge in [-0.15, -0.1) is 0 Å². The molecule has 0 atom stereocenters. The lowest BCUT2D eigenvalue weighted by atomic mass is 9.73. The normalized spacial score (nSPS) is 21.7. The van der Waals surface area contributed by atoms with Gasteiger partial charge in [-0.05, 0) is 45.6 Å². The highest BCUT2D eigenvalue weighted by Gasteiger charge is 2.41. The summed E-state index contributed by atoms with van der Waals surface area (Å²) in [7, 11) is 0. The number of Topliss-reactive ketones (excluding diaryl/α,β-unsaturated/α-hetero) is 1. The van der Waals surface area contributed by atoms with Gasteiger partial charge in [-0.1, -0.05) is 0 Å². The smallest absolute Gasteiger partial charge is 0.402 e. The molecule has 0 bridgehead atoms. The maximum absolute atomic E-state index is 14.0. The molecule has 176 valence electrons. The summed E-state index contributed by atoms with van der Waals surface area (Å²) in [5.41, 5.74) is 7.66. The molecule has 11 heteroatoms. The van der Waals surface area contributed by atoms with Crippen LogP contribution in [0.1, 0.15) is 39.2 Å². The highest BCUT2D eigenvalue weighted by molar-refractivity contribution is 6.20. The molecule has 0 aliphatic heterocycles. The molecular formula is C22H24F4N6O. The lowest BCUT2D eigenvalue weighted by molar-refractivity contribution is -0.142. The van der Waals surface area contributed by atoms with E-state index in [0.29, 0.717) is 58.5 Å². The average molecular weight is 464 g/mol. The second kappa shape index (κ2) is 7.96. The second-order valence-corrected chi connectivity index (χ2v) is 8.97. The monoisotopic (exact) mass is 464 g/mol. The van der Waals surface area contributed by atoms with Crippen LogP contribution in [0, 0.1) is 5.92 Å². The van der Waals surface area contributed by atoms with Crippen molar-refractivity contribution in [3.05, 3.63) is 35.9 Å². The number of halogens is 4. The Labute approximate surface area is 187 Å². The molecule has 1 fully saturated rings. The van der Waals surface area contributed by atoms with E-state index in [1.165, 1.54) is 25.5 Å². The summed E-state index contributed by atoms with van der Waals surface area (Å²) in [6.45, 7) is 3.78. The third-order valence-electron chi connectivity index (χ3n) is 5.73. The SMILES string of the molecule is CC(=O)C(=C(C)N)c1cnc2c(-c3cnn(CC(F)(F)F)c3)nn(CC3CC(C)(F)C3)c2c1. The van der Waals surface area contributed by atoms with Crippen LogP contribution in [-0.4, -0.2) is 42.2 Å². The van der Waals surface area contributed by atoms with Crippen molar-refractivity contribution >= 4 is 22.4 Å². The van der Waals surface area contributed by atoms with E-state index in [2.05, 4.69) is 15.2 Å². The first kappa shape index (κ1) is 22.9. The Hall–Kier alpha value is -3.24. The van der Waals surface area contributed by atoms with E-state index in [1.54, 1.807) is 24.6 Å². The highest BCUT2D eigenvalue weighted by Crippen LogP contribution is 2.42. The van der Waals surface area contributed by atoms with E-state index >= 15 is 0 Å². The number of hydrogen-bond acceptors (Lipinski definition) is 5. The topological polar surface area (TPSA) is 91.6 Å². The molecule has 33 heavy (non-hydrogen) atoms. The van der Waals surface area contributed by atoms with Gasteiger partial charge in [-0.25, -0.2) is 4.39 Å². The van der Waals surface area contributed by atoms with Crippen molar-refractivity contribution in [1.82, 2.24) is 24.5 Å². The van der Waals surface area contributed by atoms with Crippen LogP contribution in [0.4, 0.5) is 17.6 Å². The lowest BCUT2D eigenvalue weighted by Gasteiger charge is -2.38. The van der Waals surface area contributed by atoms with Crippen LogP contribution in [0.5, 0.6) is 0 Å². The van der Waals surface area contributed by atoms with E-state index in [9.17, 15) is 22.4 Å². The first-order valence-corrected chi connectivity index (χ1v) is 10.5. The number of hydrogen-bond donors (Lipinski definition) is 1. The number of carbonyl (C=O) groups excluding carboxylic acids is 1. The molecule has 0 radical (unpaired) electrons. The summed E-state index contributed by atoms with van der Waals surface area (Å²) < 4.78 is 54.7. The van der Waals surface area contributed by atoms with Crippen molar-refractivity contribution in [3.8, 4) is 11.3 Å². The quantitative estimate of drug-likeness (QED) is 0.435. The number of nitrogens with two attached hydrogens (primary N) is 1. The third kappa shape index (κ3) is 4.76. The average Bonchev–Trinajstić information content (AvgIpc) is 3.23. The minimum atomic E-state index is -4.41. The molecule has 3 aromatic heterocycles. The Morgan fingerprint density at radius 3 is 2.55 bits per heavy atom. The zero-order valence-corrected chi connectivity index (χ0v) is 18.4. The van der Waals surface area contributed by atoms with Crippen molar-refractivity contribution < 1.29 is 22.4 Å². The number of nitrogens with zero attached hydrogens (tertiary/aromatic N) is 5. The van der Waals surface area contributed by atoms with Crippen LogP contribution >= 0.6 is 0 Å². The predicted octanol–water partition coefficient (Wildman–Crippen LogP) is 4.27. The first-order valence-electron chi connectivity index (χ1n) is 10.5. The Morgan fingerprint density at radius 1 is 1.27 bits per heavy atom. The summed E-state index contributed by atoms with van der Waals surface area (Å²) in [6, 6.07) is 1.74. The number of fused-ring (bicyclic) bond motifs is 1. The van der Waals surface area contributed by atoms with Gasteiger partial charge in [0.05, 0.1) is 11.7 Å². The minimum absolute atomic E-state index is 0.0617. The van der Waals surface area contributed by atoms with Gasteiger partial charge in [0.25, 0.3) is 0 Å². The zero-order chi connectivity index (χ0) is 24.1. The number of ketones is 1. The maximum atomic E-state index is 14.0. The van der Waals surface area contributed by atoms with E-state index in [-0.39, 0.29) is 11.7 Å². The molecule has 0 aromatic carbocycles. The van der Waals surface area contributed by atoms with Gasteiger partial charge < -0.3 is 5.73 Å². The molecule has 7 nitrogen and oxygen atoms in total. The van der Waals surface area contributed by atoms with Crippen LogP contribution in [0.15, 0.2) is 30.4 Å². The van der Waals surface area contributed by atoms with E-state index in [1.807, 2.05) is 0 Å². The third-order valence-corrected chi connectivity index (χ3v) is 5.73. The summed E-state index contributed by atoms with van der Waals surface area (Å²) in [5.74, 6) is -0.158. The van der Waals surface area contributed by atoms with Gasteiger partial charge in [-0.2, -0.15) is 23.4 Å². The Kier molecular flexibility index (Phi) is 5.53. The summed E-state index contributed by atoms with van der Waals surface area (Å²) in [6.07, 6.45) is 0.438. The summed E-state index contributed by atoms with van der Waals surface area (Å²) >= 11 is 0. The standard InChI is InChI=1S/C22H24F4N6O/c1-12(27)18(13(2)33)15-4-17-20(28-7-15)19(16-8-29-31(10-16)11-22(24,25)26)30-32(17)9-14-5-21(3,23)6-14/h4,7-8,10,14H,5-6,9,11,27H2,1-3H3. The van der Waals surface area contributed by atoms with Crippen molar-refractivity contribution in [2.75, 3.05) is 0 Å². The van der Waals surface area contributed by atoms with E-state index in [0.717, 1.165) is 4.68 Å². The number of rotatable bonds is 6. The second-order valence-electron chi connectivity index (χ2n) is 8.97. The molecule has 3 heterocycles. The van der Waals surface area contributed by atoms with Crippen LogP contribution in [-0.2, 0) is 17.9 Å². The van der Waals surface area contributed by atoms with Crippen molar-refractivity contribution in [3.63, 3.8) is 0 Å². The number of aromatic nitrogens is 5. The van der Waals surface area contributed by atoms with Gasteiger partial charge in [0.1, 0.15) is 23.4 Å². The molecule has 0 saturated heterocycles. The van der Waals surface area contributed by atoms with Gasteiger partial charge in [0.15, 0.2) is 5.78 Å². The van der Waals surface area contributed by atoms with Gasteiger partial charge in [0, 0.05) is 41.3 Å². The van der Waals surface area contributed by atoms with Crippen molar-refractivity contribution in [2.45, 2.75) is 58.5 Å². The van der Waals surface area contributed by atoms with Crippen LogP contribution < -0.4 is 5.73 Å². The van der Waals surface area contributed by atoms with Crippen molar-refractivity contribution in [2.24, 2.45) is 11.7 Å². The molecule has 1 saturated carbocycles. The minimum Gasteiger partial charge on any atom is -0.402 e. The van der Waals surface area contributed by atoms with E-state index in [4.69, 9.17) is 5.73 Å². The molecule has 1 aliphatic carbocycles. The lowest BCUT2D eigenvalue weighted by Crippen LogP contribution is -2.38. The predicted molar refractivity (Wildman–Crippen MR) is 115 cm³/mol. The van der Waals surface area contributed by atoms with Crippen LogP contribution in [0.2, 0.25) is 0 Å². The summed E-state index contributed by atoms with van der Waals surface area (Å²) in [5, 5.41) is 8.39. The Bertz CT molecular complexity index is 1240. The molecule has 0 amide bonds. The number of alkyl halides is 4. The molecule has 0 unspecified atom stereocenters. The molecule has 0 spiro atoms. The number of pyridine rings is 1. The fourth-order valence-electron chi connectivity index (χ4n) is 4.51. The molecule has 2 N–H and O–H groups in total.